The van der Waals surface area contributed by atoms with Crippen LogP contribution in [0.15, 0.2) is 146 Å². The number of rotatable bonds is 8. The molecule has 6 aromatic carbocycles. The van der Waals surface area contributed by atoms with Crippen LogP contribution in [-0.2, 0) is 20.2 Å². The van der Waals surface area contributed by atoms with Crippen LogP contribution in [0.4, 0.5) is 34.1 Å². The lowest BCUT2D eigenvalue weighted by atomic mass is 10.1. The highest BCUT2D eigenvalue weighted by Crippen LogP contribution is 2.41. The van der Waals surface area contributed by atoms with Gasteiger partial charge in [0.1, 0.15) is 26.9 Å². The van der Waals surface area contributed by atoms with Gasteiger partial charge in [0.15, 0.2) is 0 Å². The molecule has 0 radical (unpaired) electrons. The van der Waals surface area contributed by atoms with Crippen LogP contribution in [-0.4, -0.2) is 31.0 Å². The number of fused-ring (bicyclic) bond motifs is 2. The Morgan fingerprint density at radius 2 is 0.978 bits per heavy atom. The standard InChI is InChI=1S/C32H23N5O7S2/c38-29-19-30(45(39,40)41)24-12-6-7-13-25(24)32(29)37-35-27-17-16-26(22-10-4-5-11-23(22)27)34-36-28-15-14-21(18-31(28)46(42,43)44)33-20-8-2-1-3-9-20/h1-19,33,38H,(H,39,40,41)(H,42,43,44). The number of nitrogens with zero attached hydrogens (tertiary/aromatic N) is 4. The van der Waals surface area contributed by atoms with Crippen LogP contribution in [0.5, 0.6) is 5.75 Å². The van der Waals surface area contributed by atoms with E-state index in [1.54, 1.807) is 72.8 Å². The van der Waals surface area contributed by atoms with Gasteiger partial charge in [-0.3, -0.25) is 9.11 Å². The Bertz CT molecular complexity index is 2420. The minimum absolute atomic E-state index is 0.00112. The predicted octanol–water partition coefficient (Wildman–Crippen LogP) is 8.77. The average Bonchev–Trinajstić information content (AvgIpc) is 3.03. The van der Waals surface area contributed by atoms with Gasteiger partial charge in [-0.25, -0.2) is 0 Å². The van der Waals surface area contributed by atoms with Crippen molar-refractivity contribution >= 4 is 75.9 Å². The Balaban J connectivity index is 1.37. The molecule has 0 saturated heterocycles. The van der Waals surface area contributed by atoms with E-state index in [1.165, 1.54) is 18.2 Å². The van der Waals surface area contributed by atoms with Gasteiger partial charge in [0.25, 0.3) is 20.2 Å². The van der Waals surface area contributed by atoms with Gasteiger partial charge in [0.05, 0.1) is 11.4 Å². The molecule has 0 atom stereocenters. The SMILES string of the molecule is O=S(=O)(O)c1cc(Nc2ccccc2)ccc1N=Nc1ccc(N=Nc2c(O)cc(S(=O)(=O)O)c3ccccc23)c2ccccc12. The molecular weight excluding hydrogens is 631 g/mol. The number of nitrogens with one attached hydrogen (secondary N) is 1. The van der Waals surface area contributed by atoms with Crippen molar-refractivity contribution in [3.63, 3.8) is 0 Å². The molecule has 12 nitrogen and oxygen atoms in total. The van der Waals surface area contributed by atoms with Crippen molar-refractivity contribution in [2.45, 2.75) is 9.79 Å². The molecule has 0 amide bonds. The quantitative estimate of drug-likeness (QED) is 0.0925. The van der Waals surface area contributed by atoms with E-state index in [0.717, 1.165) is 11.8 Å². The largest absolute Gasteiger partial charge is 0.506 e. The van der Waals surface area contributed by atoms with Crippen LogP contribution in [0.3, 0.4) is 0 Å². The van der Waals surface area contributed by atoms with Crippen LogP contribution in [0.25, 0.3) is 21.5 Å². The second-order valence-corrected chi connectivity index (χ2v) is 12.7. The molecule has 0 aliphatic heterocycles. The Morgan fingerprint density at radius 3 is 1.59 bits per heavy atom. The summed E-state index contributed by atoms with van der Waals surface area (Å²) in [6.45, 7) is 0. The smallest absolute Gasteiger partial charge is 0.296 e. The fourth-order valence-electron chi connectivity index (χ4n) is 4.85. The van der Waals surface area contributed by atoms with E-state index < -0.39 is 35.8 Å². The molecule has 0 aromatic heterocycles. The molecule has 0 unspecified atom stereocenters. The number of phenolic OH excluding ortho intramolecular Hbond substituents is 1. The maximum atomic E-state index is 12.2. The zero-order valence-corrected chi connectivity index (χ0v) is 25.2. The number of anilines is 2. The molecular formula is C32H23N5O7S2. The Labute approximate surface area is 262 Å². The van der Waals surface area contributed by atoms with E-state index >= 15 is 0 Å². The molecule has 6 rings (SSSR count). The third kappa shape index (κ3) is 6.31. The first-order chi connectivity index (χ1) is 22.0. The molecule has 6 aromatic rings. The lowest BCUT2D eigenvalue weighted by molar-refractivity contribution is 0.468. The summed E-state index contributed by atoms with van der Waals surface area (Å²) in [5.74, 6) is -0.496. The highest BCUT2D eigenvalue weighted by atomic mass is 32.2. The van der Waals surface area contributed by atoms with Crippen molar-refractivity contribution in [2.24, 2.45) is 20.5 Å². The summed E-state index contributed by atoms with van der Waals surface area (Å²) < 4.78 is 67.8. The number of hydrogen-bond acceptors (Lipinski definition) is 10. The first-order valence-electron chi connectivity index (χ1n) is 13.5. The second-order valence-electron chi connectivity index (χ2n) is 9.96. The molecule has 0 bridgehead atoms. The van der Waals surface area contributed by atoms with E-state index in [2.05, 4.69) is 25.8 Å². The zero-order valence-electron chi connectivity index (χ0n) is 23.5. The van der Waals surface area contributed by atoms with Crippen molar-refractivity contribution < 1.29 is 31.0 Å². The van der Waals surface area contributed by atoms with Gasteiger partial charge >= 0.3 is 0 Å². The van der Waals surface area contributed by atoms with Gasteiger partial charge in [-0.1, -0.05) is 66.7 Å². The first kappa shape index (κ1) is 30.5. The number of phenols is 1. The molecule has 0 aliphatic rings. The van der Waals surface area contributed by atoms with E-state index in [0.29, 0.717) is 27.8 Å². The highest BCUT2D eigenvalue weighted by molar-refractivity contribution is 7.86. The summed E-state index contributed by atoms with van der Waals surface area (Å²) in [6.07, 6.45) is 0. The third-order valence-corrected chi connectivity index (χ3v) is 8.71. The van der Waals surface area contributed by atoms with Crippen molar-refractivity contribution in [1.29, 1.82) is 0 Å². The predicted molar refractivity (Wildman–Crippen MR) is 174 cm³/mol. The maximum absolute atomic E-state index is 12.2. The van der Waals surface area contributed by atoms with Crippen LogP contribution in [0.1, 0.15) is 0 Å². The Morgan fingerprint density at radius 1 is 0.478 bits per heavy atom. The van der Waals surface area contributed by atoms with E-state index in [9.17, 15) is 31.0 Å². The van der Waals surface area contributed by atoms with Crippen LogP contribution < -0.4 is 5.32 Å². The van der Waals surface area contributed by atoms with Gasteiger partial charge in [0.2, 0.25) is 0 Å². The lowest BCUT2D eigenvalue weighted by Gasteiger charge is -2.09. The van der Waals surface area contributed by atoms with Gasteiger partial charge in [-0.2, -0.15) is 16.8 Å². The minimum atomic E-state index is -4.65. The van der Waals surface area contributed by atoms with E-state index in [4.69, 9.17) is 0 Å². The van der Waals surface area contributed by atoms with Crippen LogP contribution >= 0.6 is 0 Å². The Kier molecular flexibility index (Phi) is 8.02. The second kappa shape index (κ2) is 12.1. The fraction of sp³-hybridized carbons (Fsp3) is 0. The highest BCUT2D eigenvalue weighted by Gasteiger charge is 2.20. The Hall–Kier alpha value is -5.54. The normalized spacial score (nSPS) is 12.4. The summed E-state index contributed by atoms with van der Waals surface area (Å²) in [6, 6.07) is 30.8. The summed E-state index contributed by atoms with van der Waals surface area (Å²) in [7, 11) is -9.28. The van der Waals surface area contributed by atoms with Gasteiger partial charge in [-0.05, 0) is 42.5 Å². The molecule has 0 aliphatic carbocycles. The molecule has 230 valence electrons. The lowest BCUT2D eigenvalue weighted by Crippen LogP contribution is -2.00. The molecule has 14 heteroatoms. The third-order valence-electron chi connectivity index (χ3n) is 6.94. The fourth-order valence-corrected chi connectivity index (χ4v) is 6.22. The maximum Gasteiger partial charge on any atom is 0.296 e. The van der Waals surface area contributed by atoms with E-state index in [-0.39, 0.29) is 22.1 Å². The molecule has 46 heavy (non-hydrogen) atoms. The summed E-state index contributed by atoms with van der Waals surface area (Å²) in [4.78, 5) is -0.891. The summed E-state index contributed by atoms with van der Waals surface area (Å²) in [5.41, 5.74) is 1.81. The number of benzene rings is 6. The van der Waals surface area contributed by atoms with Crippen molar-refractivity contribution in [1.82, 2.24) is 0 Å². The van der Waals surface area contributed by atoms with Crippen LogP contribution in [0, 0.1) is 0 Å². The van der Waals surface area contributed by atoms with Crippen molar-refractivity contribution in [2.75, 3.05) is 5.32 Å². The number of para-hydroxylation sites is 1. The molecule has 0 heterocycles. The monoisotopic (exact) mass is 653 g/mol. The minimum Gasteiger partial charge on any atom is -0.506 e. The average molecular weight is 654 g/mol. The zero-order chi connectivity index (χ0) is 32.5. The molecule has 0 fully saturated rings. The van der Waals surface area contributed by atoms with Crippen LogP contribution in [0.2, 0.25) is 0 Å². The number of hydrogen-bond donors (Lipinski definition) is 4. The van der Waals surface area contributed by atoms with E-state index in [1.807, 2.05) is 18.2 Å². The van der Waals surface area contributed by atoms with Gasteiger partial charge in [0, 0.05) is 39.0 Å². The molecule has 0 saturated carbocycles. The first-order valence-corrected chi connectivity index (χ1v) is 16.4. The van der Waals surface area contributed by atoms with Crippen molar-refractivity contribution in [3.8, 4) is 5.75 Å². The summed E-state index contributed by atoms with van der Waals surface area (Å²) in [5, 5.41) is 32.2. The molecule has 0 spiro atoms. The topological polar surface area (TPSA) is 190 Å². The molecule has 4 N–H and O–H groups in total. The van der Waals surface area contributed by atoms with Gasteiger partial charge < -0.3 is 10.4 Å². The van der Waals surface area contributed by atoms with Gasteiger partial charge in [-0.15, -0.1) is 20.5 Å². The number of aromatic hydroxyl groups is 1. The summed E-state index contributed by atoms with van der Waals surface area (Å²) >= 11 is 0. The van der Waals surface area contributed by atoms with Crippen molar-refractivity contribution in [3.05, 3.63) is 115 Å². The number of azo groups is 2.